The maximum atomic E-state index is 13.4. The summed E-state index contributed by atoms with van der Waals surface area (Å²) in [5.74, 6) is -2.21. The van der Waals surface area contributed by atoms with Crippen molar-refractivity contribution in [3.63, 3.8) is 0 Å². The van der Waals surface area contributed by atoms with Gasteiger partial charge in [0, 0.05) is 6.42 Å². The molecule has 0 aromatic heterocycles. The smallest absolute Gasteiger partial charge is 0.326 e. The van der Waals surface area contributed by atoms with E-state index in [0.29, 0.717) is 44.4 Å². The lowest BCUT2D eigenvalue weighted by Gasteiger charge is -2.26. The summed E-state index contributed by atoms with van der Waals surface area (Å²) in [5, 5.41) is 20.1. The predicted octanol–water partition coefficient (Wildman–Crippen LogP) is 0.811. The zero-order valence-corrected chi connectivity index (χ0v) is 23.8. The molecule has 1 aromatic carbocycles. The van der Waals surface area contributed by atoms with Gasteiger partial charge < -0.3 is 32.1 Å². The van der Waals surface area contributed by atoms with Crippen LogP contribution in [-0.2, 0) is 30.4 Å². The van der Waals surface area contributed by atoms with Gasteiger partial charge in [-0.2, -0.15) is 11.8 Å². The largest absolute Gasteiger partial charge is 0.480 e. The number of hydrogen-bond acceptors (Lipinski definition) is 7. The van der Waals surface area contributed by atoms with Crippen molar-refractivity contribution in [2.75, 3.05) is 18.6 Å². The van der Waals surface area contributed by atoms with Crippen LogP contribution in [-0.4, -0.2) is 77.9 Å². The molecule has 0 aliphatic carbocycles. The average molecular weight is 566 g/mol. The third kappa shape index (κ3) is 13.5. The highest BCUT2D eigenvalue weighted by atomic mass is 32.2. The van der Waals surface area contributed by atoms with Crippen LogP contribution in [0.15, 0.2) is 30.3 Å². The molecular formula is C27H43N5O6S. The molecule has 0 heterocycles. The van der Waals surface area contributed by atoms with Crippen LogP contribution in [0.5, 0.6) is 0 Å². The summed E-state index contributed by atoms with van der Waals surface area (Å²) in [5.41, 5.74) is 6.27. The molecule has 11 nitrogen and oxygen atoms in total. The van der Waals surface area contributed by atoms with Crippen molar-refractivity contribution in [2.24, 2.45) is 11.7 Å². The summed E-state index contributed by atoms with van der Waals surface area (Å²) in [6.45, 7) is 4.21. The van der Waals surface area contributed by atoms with Crippen molar-refractivity contribution < 1.29 is 29.1 Å². The summed E-state index contributed by atoms with van der Waals surface area (Å²) in [4.78, 5) is 62.4. The molecule has 0 spiro atoms. The number of carbonyl (C=O) groups is 5. The molecule has 218 valence electrons. The number of unbranched alkanes of at least 4 members (excludes halogenated alkanes) is 1. The number of rotatable bonds is 20. The lowest BCUT2D eigenvalue weighted by atomic mass is 10.00. The van der Waals surface area contributed by atoms with E-state index in [1.807, 2.05) is 26.2 Å². The third-order valence-corrected chi connectivity index (χ3v) is 6.66. The summed E-state index contributed by atoms with van der Waals surface area (Å²) in [7, 11) is 0. The first-order valence-corrected chi connectivity index (χ1v) is 14.6. The minimum atomic E-state index is -1.17. The molecule has 0 saturated heterocycles. The van der Waals surface area contributed by atoms with Crippen LogP contribution in [0.2, 0.25) is 0 Å². The molecule has 1 aromatic rings. The van der Waals surface area contributed by atoms with E-state index < -0.39 is 47.9 Å². The quantitative estimate of drug-likeness (QED) is 0.0992. The fourth-order valence-corrected chi connectivity index (χ4v) is 4.41. The lowest BCUT2D eigenvalue weighted by Crippen LogP contribution is -2.58. The van der Waals surface area contributed by atoms with E-state index >= 15 is 0 Å². The number of carbonyl (C=O) groups excluding carboxylic acids is 4. The zero-order valence-electron chi connectivity index (χ0n) is 23.0. The molecule has 0 unspecified atom stereocenters. The van der Waals surface area contributed by atoms with Gasteiger partial charge >= 0.3 is 5.97 Å². The Labute approximate surface area is 234 Å². The van der Waals surface area contributed by atoms with Crippen molar-refractivity contribution >= 4 is 41.9 Å². The van der Waals surface area contributed by atoms with Crippen molar-refractivity contribution in [2.45, 2.75) is 76.5 Å². The van der Waals surface area contributed by atoms with Gasteiger partial charge in [0.1, 0.15) is 24.2 Å². The molecule has 39 heavy (non-hydrogen) atoms. The Balaban J connectivity index is 3.13. The molecule has 4 amide bonds. The van der Waals surface area contributed by atoms with Crippen LogP contribution < -0.4 is 27.0 Å². The second-order valence-electron chi connectivity index (χ2n) is 9.74. The lowest BCUT2D eigenvalue weighted by molar-refractivity contribution is -0.142. The second-order valence-corrected chi connectivity index (χ2v) is 10.7. The van der Waals surface area contributed by atoms with Crippen molar-refractivity contribution in [3.05, 3.63) is 35.9 Å². The summed E-state index contributed by atoms with van der Waals surface area (Å²) >= 11 is 1.53. The van der Waals surface area contributed by atoms with Gasteiger partial charge in [0.05, 0.1) is 0 Å². The highest BCUT2D eigenvalue weighted by Gasteiger charge is 2.31. The number of hydrogen-bond donors (Lipinski definition) is 6. The number of benzene rings is 1. The number of amides is 4. The van der Waals surface area contributed by atoms with Crippen LogP contribution in [0, 0.1) is 5.92 Å². The van der Waals surface area contributed by atoms with E-state index in [2.05, 4.69) is 21.3 Å². The van der Waals surface area contributed by atoms with Gasteiger partial charge in [0.2, 0.25) is 24.1 Å². The highest BCUT2D eigenvalue weighted by Crippen LogP contribution is 2.10. The van der Waals surface area contributed by atoms with Crippen LogP contribution in [0.3, 0.4) is 0 Å². The molecule has 0 radical (unpaired) electrons. The first-order valence-electron chi connectivity index (χ1n) is 13.2. The second kappa shape index (κ2) is 19.0. The average Bonchev–Trinajstić information content (AvgIpc) is 2.89. The first kappa shape index (κ1) is 33.9. The fraction of sp³-hybridized carbons (Fsp3) is 0.593. The van der Waals surface area contributed by atoms with Crippen molar-refractivity contribution in [1.82, 2.24) is 21.3 Å². The van der Waals surface area contributed by atoms with E-state index in [1.54, 1.807) is 24.3 Å². The van der Waals surface area contributed by atoms with Crippen LogP contribution in [0.1, 0.15) is 51.5 Å². The number of nitrogens with two attached hydrogens (primary N) is 1. The summed E-state index contributed by atoms with van der Waals surface area (Å²) < 4.78 is 0. The predicted molar refractivity (Wildman–Crippen MR) is 152 cm³/mol. The van der Waals surface area contributed by atoms with Gasteiger partial charge in [-0.1, -0.05) is 44.2 Å². The van der Waals surface area contributed by atoms with Crippen LogP contribution >= 0.6 is 11.8 Å². The number of carboxylic acids is 1. The monoisotopic (exact) mass is 565 g/mol. The number of carboxylic acid groups (broad SMARTS) is 1. The molecule has 0 aliphatic rings. The number of thioether (sulfide) groups is 1. The first-order chi connectivity index (χ1) is 18.6. The molecule has 0 bridgehead atoms. The Morgan fingerprint density at radius 2 is 1.49 bits per heavy atom. The zero-order chi connectivity index (χ0) is 29.2. The molecule has 4 atom stereocenters. The Bertz CT molecular complexity index is 917. The standard InChI is InChI=1S/C27H43N5O6S/c1-18(2)15-22(31-24(34)20(29-17-33)12-14-39-3)25(35)32-23(16-19-9-5-4-6-10-19)26(36)30-21(27(37)38)11-7-8-13-28/h4-6,9-10,17-18,20-23H,7-8,11-16,28H2,1-3H3,(H,29,33)(H,30,36)(H,31,34)(H,32,35)(H,37,38)/t20-,21+,22+,23-/m1/s1. The van der Waals surface area contributed by atoms with Gasteiger partial charge in [-0.15, -0.1) is 0 Å². The SMILES string of the molecule is CSCC[C@@H](NC=O)C(=O)N[C@@H](CC(C)C)C(=O)N[C@H](Cc1ccccc1)C(=O)N[C@@H](CCCCN)C(=O)O. The minimum Gasteiger partial charge on any atom is -0.480 e. The van der Waals surface area contributed by atoms with Gasteiger partial charge in [-0.3, -0.25) is 19.2 Å². The van der Waals surface area contributed by atoms with Crippen molar-refractivity contribution in [1.29, 1.82) is 0 Å². The Kier molecular flexibility index (Phi) is 16.5. The maximum Gasteiger partial charge on any atom is 0.326 e. The minimum absolute atomic E-state index is 0.0325. The van der Waals surface area contributed by atoms with Gasteiger partial charge in [-0.25, -0.2) is 4.79 Å². The highest BCUT2D eigenvalue weighted by molar-refractivity contribution is 7.98. The van der Waals surface area contributed by atoms with E-state index in [0.717, 1.165) is 5.56 Å². The Morgan fingerprint density at radius 1 is 0.897 bits per heavy atom. The Hall–Kier alpha value is -3.12. The molecule has 12 heteroatoms. The molecule has 0 saturated carbocycles. The molecular weight excluding hydrogens is 522 g/mol. The van der Waals surface area contributed by atoms with E-state index in [9.17, 15) is 29.1 Å². The molecule has 7 N–H and O–H groups in total. The van der Waals surface area contributed by atoms with Crippen molar-refractivity contribution in [3.8, 4) is 0 Å². The van der Waals surface area contributed by atoms with E-state index in [-0.39, 0.29) is 18.8 Å². The fourth-order valence-electron chi connectivity index (χ4n) is 3.94. The maximum absolute atomic E-state index is 13.4. The van der Waals surface area contributed by atoms with E-state index in [4.69, 9.17) is 5.73 Å². The molecule has 0 fully saturated rings. The van der Waals surface area contributed by atoms with Gasteiger partial charge in [-0.05, 0) is 62.1 Å². The van der Waals surface area contributed by atoms with Crippen LogP contribution in [0.4, 0.5) is 0 Å². The van der Waals surface area contributed by atoms with Gasteiger partial charge in [0.15, 0.2) is 0 Å². The van der Waals surface area contributed by atoms with Gasteiger partial charge in [0.25, 0.3) is 0 Å². The molecule has 1 rings (SSSR count). The van der Waals surface area contributed by atoms with Crippen LogP contribution in [0.25, 0.3) is 0 Å². The normalized spacial score (nSPS) is 14.0. The summed E-state index contributed by atoms with van der Waals surface area (Å²) in [6.07, 6.45) is 4.50. The Morgan fingerprint density at radius 3 is 2.05 bits per heavy atom. The topological polar surface area (TPSA) is 180 Å². The van der Waals surface area contributed by atoms with E-state index in [1.165, 1.54) is 11.8 Å². The molecule has 0 aliphatic heterocycles. The summed E-state index contributed by atoms with van der Waals surface area (Å²) in [6, 6.07) is 5.06. The number of nitrogens with one attached hydrogen (secondary N) is 4. The number of aliphatic carboxylic acids is 1. The third-order valence-electron chi connectivity index (χ3n) is 6.01.